The first-order valence-corrected chi connectivity index (χ1v) is 8.75. The highest BCUT2D eigenvalue weighted by Crippen LogP contribution is 2.14. The smallest absolute Gasteiger partial charge is 0.274 e. The molecule has 1 aliphatic rings. The summed E-state index contributed by atoms with van der Waals surface area (Å²) in [7, 11) is 4.07. The van der Waals surface area contributed by atoms with Crippen molar-refractivity contribution in [3.63, 3.8) is 0 Å². The van der Waals surface area contributed by atoms with Crippen molar-refractivity contribution >= 4 is 17.4 Å². The Balaban J connectivity index is 1.54. The number of benzene rings is 1. The topological polar surface area (TPSA) is 61.4 Å². The molecule has 132 valence electrons. The fourth-order valence-electron chi connectivity index (χ4n) is 2.93. The number of amides is 1. The van der Waals surface area contributed by atoms with E-state index in [2.05, 4.69) is 44.5 Å². The summed E-state index contributed by atoms with van der Waals surface area (Å²) in [5, 5.41) is 3.26. The van der Waals surface area contributed by atoms with Crippen LogP contribution in [0.25, 0.3) is 0 Å². The summed E-state index contributed by atoms with van der Waals surface area (Å²) < 4.78 is 0. The lowest BCUT2D eigenvalue weighted by molar-refractivity contribution is 0.0786. The zero-order valence-corrected chi connectivity index (χ0v) is 14.9. The number of carbonyl (C=O) groups excluding carboxylic acids is 1. The molecule has 1 fully saturated rings. The largest absolute Gasteiger partial charge is 0.378 e. The summed E-state index contributed by atoms with van der Waals surface area (Å²) in [6.45, 7) is 2.39. The van der Waals surface area contributed by atoms with Crippen LogP contribution in [0.5, 0.6) is 0 Å². The third-order valence-corrected chi connectivity index (χ3v) is 4.42. The van der Waals surface area contributed by atoms with Gasteiger partial charge in [0.1, 0.15) is 11.5 Å². The molecule has 1 saturated heterocycles. The number of carbonyl (C=O) groups is 1. The van der Waals surface area contributed by atoms with Crippen LogP contribution in [-0.2, 0) is 6.42 Å². The van der Waals surface area contributed by atoms with Crippen molar-refractivity contribution in [3.8, 4) is 0 Å². The minimum atomic E-state index is -0.0204. The van der Waals surface area contributed by atoms with Gasteiger partial charge < -0.3 is 15.1 Å². The Morgan fingerprint density at radius 1 is 1.16 bits per heavy atom. The second-order valence-corrected chi connectivity index (χ2v) is 6.53. The molecule has 1 N–H and O–H groups in total. The molecule has 0 aliphatic carbocycles. The van der Waals surface area contributed by atoms with Gasteiger partial charge in [-0.1, -0.05) is 12.1 Å². The molecule has 0 saturated carbocycles. The Hall–Kier alpha value is -2.63. The maximum absolute atomic E-state index is 12.4. The van der Waals surface area contributed by atoms with Gasteiger partial charge in [-0.05, 0) is 37.0 Å². The van der Waals surface area contributed by atoms with Crippen LogP contribution in [-0.4, -0.2) is 54.5 Å². The molecule has 0 unspecified atom stereocenters. The minimum Gasteiger partial charge on any atom is -0.378 e. The number of likely N-dealkylation sites (tertiary alicyclic amines) is 1. The van der Waals surface area contributed by atoms with Gasteiger partial charge in [-0.25, -0.2) is 4.98 Å². The average Bonchev–Trinajstić information content (AvgIpc) is 3.16. The third kappa shape index (κ3) is 4.47. The highest BCUT2D eigenvalue weighted by Gasteiger charge is 2.20. The van der Waals surface area contributed by atoms with Crippen LogP contribution < -0.4 is 10.2 Å². The number of hydrogen-bond donors (Lipinski definition) is 1. The van der Waals surface area contributed by atoms with Gasteiger partial charge in [0.25, 0.3) is 5.91 Å². The molecule has 1 aliphatic heterocycles. The number of aromatic nitrogens is 2. The van der Waals surface area contributed by atoms with E-state index in [0.29, 0.717) is 11.5 Å². The summed E-state index contributed by atoms with van der Waals surface area (Å²) in [6, 6.07) is 8.50. The van der Waals surface area contributed by atoms with Crippen LogP contribution in [0.4, 0.5) is 11.5 Å². The number of rotatable bonds is 6. The van der Waals surface area contributed by atoms with E-state index in [1.807, 2.05) is 19.0 Å². The summed E-state index contributed by atoms with van der Waals surface area (Å²) in [5.41, 5.74) is 2.87. The first-order chi connectivity index (χ1) is 12.1. The van der Waals surface area contributed by atoms with Crippen molar-refractivity contribution < 1.29 is 4.79 Å². The molecule has 1 amide bonds. The van der Waals surface area contributed by atoms with Crippen LogP contribution in [0.1, 0.15) is 28.9 Å². The van der Waals surface area contributed by atoms with Crippen molar-refractivity contribution in [2.45, 2.75) is 19.3 Å². The zero-order valence-electron chi connectivity index (χ0n) is 14.9. The molecular weight excluding hydrogens is 314 g/mol. The van der Waals surface area contributed by atoms with Gasteiger partial charge in [0, 0.05) is 39.4 Å². The lowest BCUT2D eigenvalue weighted by Gasteiger charge is -2.15. The van der Waals surface area contributed by atoms with Gasteiger partial charge >= 0.3 is 0 Å². The highest BCUT2D eigenvalue weighted by molar-refractivity contribution is 5.92. The molecule has 0 bridgehead atoms. The summed E-state index contributed by atoms with van der Waals surface area (Å²) >= 11 is 0. The summed E-state index contributed by atoms with van der Waals surface area (Å²) in [6.07, 6.45) is 6.24. The van der Waals surface area contributed by atoms with Gasteiger partial charge in [0.05, 0.1) is 12.4 Å². The van der Waals surface area contributed by atoms with E-state index in [0.717, 1.165) is 38.9 Å². The van der Waals surface area contributed by atoms with E-state index in [1.165, 1.54) is 11.3 Å². The maximum Gasteiger partial charge on any atom is 0.274 e. The van der Waals surface area contributed by atoms with Crippen molar-refractivity contribution in [1.29, 1.82) is 0 Å². The van der Waals surface area contributed by atoms with Crippen molar-refractivity contribution in [3.05, 3.63) is 47.9 Å². The molecule has 0 atom stereocenters. The molecule has 6 nitrogen and oxygen atoms in total. The summed E-state index contributed by atoms with van der Waals surface area (Å²) in [4.78, 5) is 24.9. The van der Waals surface area contributed by atoms with E-state index in [4.69, 9.17) is 0 Å². The van der Waals surface area contributed by atoms with Gasteiger partial charge in [-0.2, -0.15) is 0 Å². The molecule has 0 spiro atoms. The van der Waals surface area contributed by atoms with E-state index in [1.54, 1.807) is 12.4 Å². The van der Waals surface area contributed by atoms with Crippen LogP contribution in [0, 0.1) is 0 Å². The third-order valence-electron chi connectivity index (χ3n) is 4.42. The Labute approximate surface area is 148 Å². The van der Waals surface area contributed by atoms with Crippen LogP contribution in [0.2, 0.25) is 0 Å². The fraction of sp³-hybridized carbons (Fsp3) is 0.421. The molecule has 2 aromatic rings. The molecule has 6 heteroatoms. The standard InChI is InChI=1S/C19H25N5O/c1-23(2)16-7-5-15(6-8-16)9-10-21-18-14-20-13-17(22-18)19(25)24-11-3-4-12-24/h5-8,13-14H,3-4,9-12H2,1-2H3,(H,21,22). The Morgan fingerprint density at radius 3 is 2.56 bits per heavy atom. The van der Waals surface area contributed by atoms with Crippen molar-refractivity contribution in [2.24, 2.45) is 0 Å². The molecule has 2 heterocycles. The first-order valence-electron chi connectivity index (χ1n) is 8.75. The molecular formula is C19H25N5O. The van der Waals surface area contributed by atoms with Gasteiger partial charge in [0.15, 0.2) is 0 Å². The second kappa shape index (κ2) is 7.96. The number of hydrogen-bond acceptors (Lipinski definition) is 5. The second-order valence-electron chi connectivity index (χ2n) is 6.53. The average molecular weight is 339 g/mol. The Morgan fingerprint density at radius 2 is 1.88 bits per heavy atom. The predicted molar refractivity (Wildman–Crippen MR) is 100 cm³/mol. The van der Waals surface area contributed by atoms with E-state index >= 15 is 0 Å². The monoisotopic (exact) mass is 339 g/mol. The number of anilines is 2. The number of nitrogens with zero attached hydrogens (tertiary/aromatic N) is 4. The summed E-state index contributed by atoms with van der Waals surface area (Å²) in [5.74, 6) is 0.628. The van der Waals surface area contributed by atoms with Gasteiger partial charge in [-0.3, -0.25) is 9.78 Å². The lowest BCUT2D eigenvalue weighted by Crippen LogP contribution is -2.28. The zero-order chi connectivity index (χ0) is 17.6. The molecule has 1 aromatic heterocycles. The Bertz CT molecular complexity index is 708. The SMILES string of the molecule is CN(C)c1ccc(CCNc2cncc(C(=O)N3CCCC3)n2)cc1. The van der Waals surface area contributed by atoms with Crippen molar-refractivity contribution in [1.82, 2.24) is 14.9 Å². The van der Waals surface area contributed by atoms with Crippen LogP contribution in [0.15, 0.2) is 36.7 Å². The lowest BCUT2D eigenvalue weighted by atomic mass is 10.1. The first kappa shape index (κ1) is 17.2. The number of nitrogens with one attached hydrogen (secondary N) is 1. The normalized spacial score (nSPS) is 13.8. The van der Waals surface area contributed by atoms with Gasteiger partial charge in [0.2, 0.25) is 0 Å². The van der Waals surface area contributed by atoms with E-state index in [-0.39, 0.29) is 5.91 Å². The molecule has 1 aromatic carbocycles. The van der Waals surface area contributed by atoms with Crippen molar-refractivity contribution in [2.75, 3.05) is 43.9 Å². The van der Waals surface area contributed by atoms with E-state index in [9.17, 15) is 4.79 Å². The van der Waals surface area contributed by atoms with Gasteiger partial charge in [-0.15, -0.1) is 0 Å². The maximum atomic E-state index is 12.4. The predicted octanol–water partition coefficient (Wildman–Crippen LogP) is 2.43. The van der Waals surface area contributed by atoms with Crippen LogP contribution >= 0.6 is 0 Å². The molecule has 0 radical (unpaired) electrons. The van der Waals surface area contributed by atoms with E-state index < -0.39 is 0 Å². The van der Waals surface area contributed by atoms with Crippen LogP contribution in [0.3, 0.4) is 0 Å². The minimum absolute atomic E-state index is 0.0204. The highest BCUT2D eigenvalue weighted by atomic mass is 16.2. The molecule has 3 rings (SSSR count). The Kier molecular flexibility index (Phi) is 5.48. The fourth-order valence-corrected chi connectivity index (χ4v) is 2.93. The quantitative estimate of drug-likeness (QED) is 0.876. The molecule has 25 heavy (non-hydrogen) atoms.